The zero-order valence-corrected chi connectivity index (χ0v) is 21.5. The number of carboxylic acids is 1. The standard InChI is InChI=1S/C21H9N6.C6H5NO2.Ir/c1-13-12-26-20(16-4-14(10-22)6-18(8-16)24-2)21(27-13)17-5-15(11-23)7-19(9-17)25-3;8-6(9)5-3-1-2-4-7-5;/h5-9,12H,1H3;1-4H,(H,8,9);/q-1;;. The number of nitrogens with zero attached hydrogens (tertiary/aromatic N) is 7. The van der Waals surface area contributed by atoms with Crippen molar-refractivity contribution in [3.63, 3.8) is 0 Å². The van der Waals surface area contributed by atoms with E-state index in [1.807, 2.05) is 12.1 Å². The largest absolute Gasteiger partial charge is 0.477 e. The summed E-state index contributed by atoms with van der Waals surface area (Å²) in [4.78, 5) is 29.5. The molecule has 4 aromatic rings. The fourth-order valence-electron chi connectivity index (χ4n) is 3.05. The van der Waals surface area contributed by atoms with Crippen molar-refractivity contribution in [2.24, 2.45) is 0 Å². The Hall–Kier alpha value is -5.25. The maximum atomic E-state index is 10.1. The normalized spacial score (nSPS) is 9.11. The van der Waals surface area contributed by atoms with Crippen LogP contribution in [0.5, 0.6) is 0 Å². The van der Waals surface area contributed by atoms with Crippen LogP contribution in [-0.4, -0.2) is 26.0 Å². The molecule has 0 aliphatic rings. The molecular weight excluding hydrogens is 647 g/mol. The summed E-state index contributed by atoms with van der Waals surface area (Å²) in [7, 11) is 0. The number of aromatic carboxylic acids is 1. The molecule has 0 saturated heterocycles. The summed E-state index contributed by atoms with van der Waals surface area (Å²) in [6.07, 6.45) is 3.02. The molecule has 0 atom stereocenters. The number of hydrogen-bond acceptors (Lipinski definition) is 6. The van der Waals surface area contributed by atoms with Gasteiger partial charge in [0.05, 0.1) is 30.6 Å². The molecule has 0 amide bonds. The van der Waals surface area contributed by atoms with E-state index >= 15 is 0 Å². The maximum Gasteiger partial charge on any atom is 0.354 e. The van der Waals surface area contributed by atoms with Crippen molar-refractivity contribution in [2.75, 3.05) is 0 Å². The molecule has 0 unspecified atom stereocenters. The quantitative estimate of drug-likeness (QED) is 0.286. The van der Waals surface area contributed by atoms with Crippen molar-refractivity contribution in [1.29, 1.82) is 10.5 Å². The maximum absolute atomic E-state index is 10.1. The van der Waals surface area contributed by atoms with Gasteiger partial charge in [-0.25, -0.2) is 19.9 Å². The van der Waals surface area contributed by atoms with Crippen molar-refractivity contribution in [3.05, 3.63) is 112 Å². The second kappa shape index (κ2) is 13.0. The molecule has 4 rings (SSSR count). The first-order valence-electron chi connectivity index (χ1n) is 10.1. The molecule has 0 spiro atoms. The molecule has 2 aromatic carbocycles. The summed E-state index contributed by atoms with van der Waals surface area (Å²) in [5, 5.41) is 26.8. The molecule has 10 heteroatoms. The van der Waals surface area contributed by atoms with Crippen LogP contribution in [0.4, 0.5) is 11.4 Å². The van der Waals surface area contributed by atoms with Gasteiger partial charge in [0.15, 0.2) is 5.69 Å². The van der Waals surface area contributed by atoms with E-state index in [2.05, 4.69) is 30.7 Å². The fraction of sp³-hybridized carbons (Fsp3) is 0.0370. The van der Waals surface area contributed by atoms with E-state index in [0.29, 0.717) is 45.1 Å². The van der Waals surface area contributed by atoms with E-state index < -0.39 is 5.97 Å². The van der Waals surface area contributed by atoms with Crippen molar-refractivity contribution in [3.8, 4) is 34.7 Å². The van der Waals surface area contributed by atoms with Crippen LogP contribution >= 0.6 is 0 Å². The number of nitriles is 2. The second-order valence-electron chi connectivity index (χ2n) is 7.11. The molecular formula is C27H14IrN7O2-. The van der Waals surface area contributed by atoms with Gasteiger partial charge in [0, 0.05) is 43.8 Å². The Morgan fingerprint density at radius 1 is 1.00 bits per heavy atom. The summed E-state index contributed by atoms with van der Waals surface area (Å²) >= 11 is 0. The van der Waals surface area contributed by atoms with Gasteiger partial charge in [-0.2, -0.15) is 5.26 Å². The summed E-state index contributed by atoms with van der Waals surface area (Å²) < 4.78 is 0. The summed E-state index contributed by atoms with van der Waals surface area (Å²) in [5.74, 6) is -0.990. The first kappa shape index (κ1) is 28.0. The molecule has 9 nitrogen and oxygen atoms in total. The first-order valence-corrected chi connectivity index (χ1v) is 10.1. The van der Waals surface area contributed by atoms with E-state index in [1.54, 1.807) is 43.5 Å². The number of pyridine rings is 1. The summed E-state index contributed by atoms with van der Waals surface area (Å²) in [6.45, 7) is 16.3. The van der Waals surface area contributed by atoms with Gasteiger partial charge in [0.1, 0.15) is 11.4 Å². The minimum atomic E-state index is -0.990. The third-order valence-corrected chi connectivity index (χ3v) is 4.58. The van der Waals surface area contributed by atoms with Gasteiger partial charge in [-0.15, -0.1) is 23.8 Å². The van der Waals surface area contributed by atoms with E-state index in [4.69, 9.17) is 18.3 Å². The molecule has 0 aliphatic carbocycles. The van der Waals surface area contributed by atoms with Crippen LogP contribution in [0, 0.1) is 48.8 Å². The van der Waals surface area contributed by atoms with Crippen LogP contribution in [-0.2, 0) is 20.1 Å². The number of hydrogen-bond donors (Lipinski definition) is 1. The molecule has 0 aliphatic heterocycles. The van der Waals surface area contributed by atoms with Crippen LogP contribution < -0.4 is 0 Å². The third-order valence-electron chi connectivity index (χ3n) is 4.58. The molecule has 0 saturated carbocycles. The minimum Gasteiger partial charge on any atom is -0.477 e. The van der Waals surface area contributed by atoms with E-state index in [-0.39, 0.29) is 31.4 Å². The Kier molecular flexibility index (Phi) is 9.84. The van der Waals surface area contributed by atoms with Gasteiger partial charge in [-0.05, 0) is 48.9 Å². The first-order chi connectivity index (χ1) is 17.4. The minimum absolute atomic E-state index is 0. The topological polar surface area (TPSA) is 132 Å². The Balaban J connectivity index is 0.000000408. The number of carboxylic acid groups (broad SMARTS) is 1. The van der Waals surface area contributed by atoms with Crippen LogP contribution in [0.15, 0.2) is 60.9 Å². The van der Waals surface area contributed by atoms with Gasteiger partial charge < -0.3 is 5.11 Å². The molecule has 1 radical (unpaired) electrons. The van der Waals surface area contributed by atoms with E-state index in [1.165, 1.54) is 24.4 Å². The molecule has 1 N–H and O–H groups in total. The predicted molar refractivity (Wildman–Crippen MR) is 130 cm³/mol. The average Bonchev–Trinajstić information content (AvgIpc) is 2.93. The van der Waals surface area contributed by atoms with Crippen molar-refractivity contribution in [1.82, 2.24) is 15.0 Å². The Morgan fingerprint density at radius 3 is 2.30 bits per heavy atom. The number of aromatic nitrogens is 3. The molecule has 2 heterocycles. The van der Waals surface area contributed by atoms with Gasteiger partial charge in [-0.1, -0.05) is 11.6 Å². The molecule has 179 valence electrons. The number of benzene rings is 2. The van der Waals surface area contributed by atoms with Gasteiger partial charge in [0.2, 0.25) is 0 Å². The van der Waals surface area contributed by atoms with Crippen molar-refractivity contribution >= 4 is 17.3 Å². The predicted octanol–water partition coefficient (Wildman–Crippen LogP) is 5.54. The zero-order valence-electron chi connectivity index (χ0n) is 19.1. The fourth-order valence-corrected chi connectivity index (χ4v) is 3.05. The van der Waals surface area contributed by atoms with Crippen LogP contribution in [0.3, 0.4) is 0 Å². The Morgan fingerprint density at radius 2 is 1.73 bits per heavy atom. The van der Waals surface area contributed by atoms with Crippen LogP contribution in [0.2, 0.25) is 0 Å². The number of aryl methyl sites for hydroxylation is 1. The number of carbonyl (C=O) groups is 1. The van der Waals surface area contributed by atoms with Crippen molar-refractivity contribution in [2.45, 2.75) is 6.92 Å². The monoisotopic (exact) mass is 661 g/mol. The number of rotatable bonds is 3. The van der Waals surface area contributed by atoms with Gasteiger partial charge in [-0.3, -0.25) is 14.8 Å². The molecule has 2 aromatic heterocycles. The smallest absolute Gasteiger partial charge is 0.354 e. The van der Waals surface area contributed by atoms with Gasteiger partial charge >= 0.3 is 5.97 Å². The average molecular weight is 661 g/mol. The van der Waals surface area contributed by atoms with Crippen LogP contribution in [0.25, 0.3) is 32.2 Å². The second-order valence-corrected chi connectivity index (χ2v) is 7.11. The SMILES string of the molecule is O=C(O)c1ccccn1.[C-]#[N+]c1cc(C#N)[c-]c(-c2ncc(C)nc2-c2cc(C#N)cc([N+]#[C-])c2)c1.[Ir]. The third kappa shape index (κ3) is 7.12. The molecule has 37 heavy (non-hydrogen) atoms. The van der Waals surface area contributed by atoms with Gasteiger partial charge in [0.25, 0.3) is 0 Å². The molecule has 0 fully saturated rings. The van der Waals surface area contributed by atoms with Crippen molar-refractivity contribution < 1.29 is 30.0 Å². The van der Waals surface area contributed by atoms with E-state index in [0.717, 1.165) is 0 Å². The zero-order chi connectivity index (χ0) is 26.1. The summed E-state index contributed by atoms with van der Waals surface area (Å²) in [5.41, 5.74) is 3.80. The summed E-state index contributed by atoms with van der Waals surface area (Å²) in [6, 6.07) is 19.5. The Bertz CT molecular complexity index is 1560. The Labute approximate surface area is 226 Å². The van der Waals surface area contributed by atoms with Crippen LogP contribution in [0.1, 0.15) is 27.3 Å². The molecule has 0 bridgehead atoms. The van der Waals surface area contributed by atoms with E-state index in [9.17, 15) is 15.3 Å².